The third kappa shape index (κ3) is 1.80. The van der Waals surface area contributed by atoms with Crippen molar-refractivity contribution in [2.45, 2.75) is 11.8 Å². The molecule has 0 amide bonds. The summed E-state index contributed by atoms with van der Waals surface area (Å²) in [6.45, 7) is 1.82. The molecule has 1 heterocycles. The van der Waals surface area contributed by atoms with Gasteiger partial charge in [-0.25, -0.2) is 4.79 Å². The molecule has 0 atom stereocenters. The van der Waals surface area contributed by atoms with E-state index in [-0.39, 0.29) is 17.2 Å². The molecule has 102 valence electrons. The molecule has 20 heavy (non-hydrogen) atoms. The summed E-state index contributed by atoms with van der Waals surface area (Å²) >= 11 is 0. The zero-order valence-electron chi connectivity index (χ0n) is 10.7. The summed E-state index contributed by atoms with van der Waals surface area (Å²) in [7, 11) is -3.86. The minimum absolute atomic E-state index is 0.0821. The van der Waals surface area contributed by atoms with Crippen LogP contribution in [0, 0.1) is 0 Å². The minimum Gasteiger partial charge on any atom is -0.461 e. The number of carbonyl (C=O) groups excluding carboxylic acids is 1. The van der Waals surface area contributed by atoms with Crippen molar-refractivity contribution in [3.05, 3.63) is 42.0 Å². The number of rotatable bonds is 2. The van der Waals surface area contributed by atoms with Crippen molar-refractivity contribution in [3.63, 3.8) is 0 Å². The fourth-order valence-electron chi connectivity index (χ4n) is 2.27. The quantitative estimate of drug-likeness (QED) is 0.791. The van der Waals surface area contributed by atoms with Crippen LogP contribution in [0.25, 0.3) is 10.8 Å². The molecule has 0 fully saturated rings. The highest BCUT2D eigenvalue weighted by molar-refractivity contribution is 7.91. The molecule has 0 unspecified atom stereocenters. The Morgan fingerprint density at radius 2 is 1.95 bits per heavy atom. The van der Waals surface area contributed by atoms with E-state index < -0.39 is 16.0 Å². The highest BCUT2D eigenvalue weighted by Gasteiger charge is 2.34. The molecule has 0 aliphatic carbocycles. The van der Waals surface area contributed by atoms with Gasteiger partial charge in [-0.15, -0.1) is 0 Å². The molecule has 3 rings (SSSR count). The Morgan fingerprint density at radius 3 is 2.70 bits per heavy atom. The summed E-state index contributed by atoms with van der Waals surface area (Å²) < 4.78 is 32.8. The molecule has 0 spiro atoms. The van der Waals surface area contributed by atoms with E-state index in [1.54, 1.807) is 31.2 Å². The first-order valence-corrected chi connectivity index (χ1v) is 7.53. The van der Waals surface area contributed by atoms with E-state index in [1.807, 2.05) is 12.1 Å². The van der Waals surface area contributed by atoms with Crippen LogP contribution >= 0.6 is 0 Å². The van der Waals surface area contributed by atoms with Crippen molar-refractivity contribution in [1.29, 1.82) is 0 Å². The van der Waals surface area contributed by atoms with Crippen LogP contribution < -0.4 is 0 Å². The molecule has 5 nitrogen and oxygen atoms in total. The number of carbonyl (C=O) groups is 1. The molecule has 0 N–H and O–H groups in total. The van der Waals surface area contributed by atoms with E-state index in [0.717, 1.165) is 5.39 Å². The van der Waals surface area contributed by atoms with E-state index >= 15 is 0 Å². The number of esters is 1. The molecule has 0 aromatic heterocycles. The van der Waals surface area contributed by atoms with Crippen molar-refractivity contribution in [3.8, 4) is 0 Å². The fraction of sp³-hybridized carbons (Fsp3) is 0.143. The monoisotopic (exact) mass is 289 g/mol. The molecular formula is C14H11NO4S. The van der Waals surface area contributed by atoms with Gasteiger partial charge in [0.2, 0.25) is 0 Å². The number of hydrogen-bond donors (Lipinski definition) is 0. The van der Waals surface area contributed by atoms with Gasteiger partial charge >= 0.3 is 5.97 Å². The number of fused-ring (bicyclic) bond motifs is 3. The summed E-state index contributed by atoms with van der Waals surface area (Å²) in [4.78, 5) is 11.9. The zero-order chi connectivity index (χ0) is 14.3. The number of sulfonamides is 1. The van der Waals surface area contributed by atoms with E-state index in [2.05, 4.69) is 4.40 Å². The molecule has 2 aromatic carbocycles. The first kappa shape index (κ1) is 12.8. The molecule has 2 aromatic rings. The van der Waals surface area contributed by atoms with Gasteiger partial charge in [-0.2, -0.15) is 12.8 Å². The normalized spacial score (nSPS) is 15.8. The van der Waals surface area contributed by atoms with Gasteiger partial charge < -0.3 is 4.74 Å². The standard InChI is InChI=1S/C14H11NO4S/c1-2-19-14(16)12-11-8-7-9-5-3-4-6-10(9)13(11)20(17,18)15-12/h3-8H,2H2,1H3. The van der Waals surface area contributed by atoms with Gasteiger partial charge in [0, 0.05) is 10.9 Å². The highest BCUT2D eigenvalue weighted by atomic mass is 32.2. The van der Waals surface area contributed by atoms with Crippen LogP contribution in [0.3, 0.4) is 0 Å². The van der Waals surface area contributed by atoms with E-state index in [9.17, 15) is 13.2 Å². The predicted molar refractivity (Wildman–Crippen MR) is 74.3 cm³/mol. The van der Waals surface area contributed by atoms with Gasteiger partial charge in [0.1, 0.15) is 4.90 Å². The van der Waals surface area contributed by atoms with Gasteiger partial charge in [-0.05, 0) is 12.3 Å². The van der Waals surface area contributed by atoms with E-state index in [1.165, 1.54) is 0 Å². The molecule has 1 aliphatic heterocycles. The second-order valence-electron chi connectivity index (χ2n) is 4.30. The zero-order valence-corrected chi connectivity index (χ0v) is 11.5. The summed E-state index contributed by atoms with van der Waals surface area (Å²) in [5.41, 5.74) is 0.162. The molecule has 0 saturated heterocycles. The Balaban J connectivity index is 2.31. The lowest BCUT2D eigenvalue weighted by Crippen LogP contribution is -2.17. The second-order valence-corrected chi connectivity index (χ2v) is 5.84. The third-order valence-electron chi connectivity index (χ3n) is 3.07. The first-order valence-electron chi connectivity index (χ1n) is 6.09. The van der Waals surface area contributed by atoms with E-state index in [4.69, 9.17) is 4.74 Å². The molecular weight excluding hydrogens is 278 g/mol. The molecule has 1 aliphatic rings. The number of hydrogen-bond acceptors (Lipinski definition) is 4. The van der Waals surface area contributed by atoms with Crippen LogP contribution in [0.5, 0.6) is 0 Å². The van der Waals surface area contributed by atoms with Gasteiger partial charge in [-0.3, -0.25) is 0 Å². The largest absolute Gasteiger partial charge is 0.461 e. The third-order valence-corrected chi connectivity index (χ3v) is 4.45. The molecule has 0 saturated carbocycles. The Labute approximate surface area is 115 Å². The summed E-state index contributed by atoms with van der Waals surface area (Å²) in [5, 5.41) is 1.35. The van der Waals surface area contributed by atoms with Crippen molar-refractivity contribution in [1.82, 2.24) is 0 Å². The minimum atomic E-state index is -3.86. The Hall–Kier alpha value is -2.21. The van der Waals surface area contributed by atoms with Crippen molar-refractivity contribution >= 4 is 32.5 Å². The maximum Gasteiger partial charge on any atom is 0.358 e. The average molecular weight is 289 g/mol. The maximum absolute atomic E-state index is 12.2. The second kappa shape index (κ2) is 4.42. The fourth-order valence-corrected chi connectivity index (χ4v) is 3.68. The van der Waals surface area contributed by atoms with Crippen molar-refractivity contribution in [2.75, 3.05) is 6.61 Å². The smallest absolute Gasteiger partial charge is 0.358 e. The SMILES string of the molecule is CCOC(=O)C1=NS(=O)(=O)c2c1ccc1ccccc21. The lowest BCUT2D eigenvalue weighted by molar-refractivity contribution is -0.134. The molecule has 6 heteroatoms. The van der Waals surface area contributed by atoms with Crippen LogP contribution in [0.15, 0.2) is 45.7 Å². The lowest BCUT2D eigenvalue weighted by atomic mass is 10.0. The van der Waals surface area contributed by atoms with Crippen molar-refractivity contribution in [2.24, 2.45) is 4.40 Å². The Bertz CT molecular complexity index is 853. The molecule has 0 radical (unpaired) electrons. The maximum atomic E-state index is 12.2. The van der Waals surface area contributed by atoms with Crippen LogP contribution in [0.2, 0.25) is 0 Å². The summed E-state index contributed by atoms with van der Waals surface area (Å²) in [6, 6.07) is 10.5. The number of nitrogens with zero attached hydrogens (tertiary/aromatic N) is 1. The summed E-state index contributed by atoms with van der Waals surface area (Å²) in [6.07, 6.45) is 0. The summed E-state index contributed by atoms with van der Waals surface area (Å²) in [5.74, 6) is -0.717. The van der Waals surface area contributed by atoms with Crippen LogP contribution in [-0.2, 0) is 19.6 Å². The first-order chi connectivity index (χ1) is 9.54. The van der Waals surface area contributed by atoms with Crippen LogP contribution in [0.1, 0.15) is 12.5 Å². The van der Waals surface area contributed by atoms with E-state index in [0.29, 0.717) is 10.9 Å². The van der Waals surface area contributed by atoms with Gasteiger partial charge in [0.05, 0.1) is 6.61 Å². The van der Waals surface area contributed by atoms with Crippen molar-refractivity contribution < 1.29 is 17.9 Å². The van der Waals surface area contributed by atoms with Gasteiger partial charge in [-0.1, -0.05) is 36.4 Å². The Kier molecular flexibility index (Phi) is 2.83. The van der Waals surface area contributed by atoms with Crippen LogP contribution in [0.4, 0.5) is 0 Å². The highest BCUT2D eigenvalue weighted by Crippen LogP contribution is 2.33. The van der Waals surface area contributed by atoms with Gasteiger partial charge in [0.15, 0.2) is 5.71 Å². The van der Waals surface area contributed by atoms with Crippen LogP contribution in [-0.4, -0.2) is 26.7 Å². The average Bonchev–Trinajstić information content (AvgIpc) is 2.71. The lowest BCUT2D eigenvalue weighted by Gasteiger charge is -2.05. The number of ether oxygens (including phenoxy) is 1. The van der Waals surface area contributed by atoms with Gasteiger partial charge in [0.25, 0.3) is 10.0 Å². The molecule has 0 bridgehead atoms. The topological polar surface area (TPSA) is 72.8 Å². The predicted octanol–water partition coefficient (Wildman–Crippen LogP) is 1.89. The Morgan fingerprint density at radius 1 is 1.20 bits per heavy atom. The number of benzene rings is 2.